The van der Waals surface area contributed by atoms with Crippen molar-refractivity contribution in [3.8, 4) is 17.2 Å². The lowest BCUT2D eigenvalue weighted by atomic mass is 9.83. The van der Waals surface area contributed by atoms with E-state index in [-0.39, 0.29) is 29.2 Å². The lowest BCUT2D eigenvalue weighted by molar-refractivity contribution is -0.134. The molecule has 3 amide bonds. The number of anilines is 1. The van der Waals surface area contributed by atoms with Gasteiger partial charge in [-0.1, -0.05) is 29.2 Å². The van der Waals surface area contributed by atoms with Crippen molar-refractivity contribution in [2.45, 2.75) is 35.5 Å². The molecule has 2 fully saturated rings. The molecule has 41 heavy (non-hydrogen) atoms. The van der Waals surface area contributed by atoms with Crippen molar-refractivity contribution in [3.63, 3.8) is 0 Å². The summed E-state index contributed by atoms with van der Waals surface area (Å²) in [5, 5.41) is -0.119. The predicted octanol–water partition coefficient (Wildman–Crippen LogP) is 3.64. The maximum absolute atomic E-state index is 13.9. The molecule has 2 saturated heterocycles. The molecule has 10 nitrogen and oxygen atoms in total. The minimum Gasteiger partial charge on any atom is -0.497 e. The van der Waals surface area contributed by atoms with Crippen molar-refractivity contribution >= 4 is 46.5 Å². The number of methoxy groups -OCH3 is 2. The molecule has 0 bridgehead atoms. The average molecular weight is 596 g/mol. The number of carbonyl (C=O) groups excluding carboxylic acids is 3. The monoisotopic (exact) mass is 595 g/mol. The lowest BCUT2D eigenvalue weighted by Crippen LogP contribution is -2.38. The fourth-order valence-corrected chi connectivity index (χ4v) is 8.25. The number of ether oxygens (including phenoxy) is 3. The molecule has 0 spiro atoms. The lowest BCUT2D eigenvalue weighted by Gasteiger charge is -2.30. The number of benzene rings is 2. The van der Waals surface area contributed by atoms with Gasteiger partial charge in [-0.2, -0.15) is 0 Å². The number of aromatic amines is 1. The van der Waals surface area contributed by atoms with Gasteiger partial charge in [-0.25, -0.2) is 4.90 Å². The van der Waals surface area contributed by atoms with Crippen molar-refractivity contribution < 1.29 is 28.6 Å². The van der Waals surface area contributed by atoms with E-state index in [4.69, 9.17) is 14.2 Å². The zero-order valence-corrected chi connectivity index (χ0v) is 24.2. The number of aromatic nitrogens is 1. The summed E-state index contributed by atoms with van der Waals surface area (Å²) in [5.74, 6) is -0.607. The maximum atomic E-state index is 13.9. The van der Waals surface area contributed by atoms with Crippen LogP contribution in [0.4, 0.5) is 5.69 Å². The quantitative estimate of drug-likeness (QED) is 0.412. The Morgan fingerprint density at radius 1 is 0.951 bits per heavy atom. The van der Waals surface area contributed by atoms with E-state index >= 15 is 0 Å². The maximum Gasteiger partial charge on any atom is 0.305 e. The Morgan fingerprint density at radius 2 is 1.71 bits per heavy atom. The summed E-state index contributed by atoms with van der Waals surface area (Å²) in [6, 6.07) is 12.1. The molecule has 6 rings (SSSR count). The molecular weight excluding hydrogens is 566 g/mol. The third kappa shape index (κ3) is 4.99. The van der Waals surface area contributed by atoms with Gasteiger partial charge in [0, 0.05) is 23.9 Å². The molecule has 1 N–H and O–H groups in total. The summed E-state index contributed by atoms with van der Waals surface area (Å²) in [6.07, 6.45) is 3.12. The van der Waals surface area contributed by atoms with Gasteiger partial charge in [0.05, 0.1) is 30.9 Å². The largest absolute Gasteiger partial charge is 0.497 e. The second-order valence-corrected chi connectivity index (χ2v) is 12.3. The van der Waals surface area contributed by atoms with Crippen LogP contribution in [0.25, 0.3) is 0 Å². The number of likely N-dealkylation sites (tertiary alicyclic amines) is 1. The number of amides is 3. The van der Waals surface area contributed by atoms with Crippen LogP contribution in [-0.4, -0.2) is 66.8 Å². The molecule has 0 aliphatic carbocycles. The smallest absolute Gasteiger partial charge is 0.305 e. The van der Waals surface area contributed by atoms with E-state index in [1.165, 1.54) is 23.8 Å². The van der Waals surface area contributed by atoms with Crippen molar-refractivity contribution in [2.24, 2.45) is 5.92 Å². The first-order chi connectivity index (χ1) is 19.9. The molecule has 0 saturated carbocycles. The highest BCUT2D eigenvalue weighted by atomic mass is 32.2. The van der Waals surface area contributed by atoms with Crippen LogP contribution in [-0.2, 0) is 14.4 Å². The number of nitrogens with one attached hydrogen (secondary N) is 1. The van der Waals surface area contributed by atoms with E-state index in [9.17, 15) is 19.2 Å². The van der Waals surface area contributed by atoms with Crippen LogP contribution in [0.3, 0.4) is 0 Å². The highest BCUT2D eigenvalue weighted by molar-refractivity contribution is 8.00. The number of hydrogen-bond acceptors (Lipinski definition) is 9. The molecule has 3 aliphatic rings. The number of imide groups is 1. The molecule has 3 atom stereocenters. The Morgan fingerprint density at radius 3 is 2.41 bits per heavy atom. The first-order valence-corrected chi connectivity index (χ1v) is 15.1. The Labute approximate surface area is 244 Å². The van der Waals surface area contributed by atoms with Crippen LogP contribution < -0.4 is 24.0 Å². The Balaban J connectivity index is 1.32. The van der Waals surface area contributed by atoms with Gasteiger partial charge in [-0.05, 0) is 61.2 Å². The zero-order chi connectivity index (χ0) is 28.7. The van der Waals surface area contributed by atoms with Gasteiger partial charge in [-0.15, -0.1) is 0 Å². The Hall–Kier alpha value is -3.77. The van der Waals surface area contributed by atoms with E-state index in [0.29, 0.717) is 38.4 Å². The normalized spacial score (nSPS) is 21.9. The molecular formula is C29H29N3O7S2. The minimum absolute atomic E-state index is 0.0709. The van der Waals surface area contributed by atoms with Gasteiger partial charge in [0.2, 0.25) is 11.8 Å². The highest BCUT2D eigenvalue weighted by Crippen LogP contribution is 2.53. The van der Waals surface area contributed by atoms with Crippen LogP contribution >= 0.6 is 23.1 Å². The molecule has 3 aliphatic heterocycles. The van der Waals surface area contributed by atoms with Crippen molar-refractivity contribution in [1.82, 2.24) is 9.88 Å². The highest BCUT2D eigenvalue weighted by Gasteiger charge is 2.56. The number of thioether (sulfide) groups is 1. The number of piperidine rings is 1. The van der Waals surface area contributed by atoms with E-state index in [2.05, 4.69) is 4.98 Å². The summed E-state index contributed by atoms with van der Waals surface area (Å²) in [7, 11) is 3.06. The first kappa shape index (κ1) is 27.4. The Bertz CT molecular complexity index is 1540. The fourth-order valence-electron chi connectivity index (χ4n) is 5.73. The predicted molar refractivity (Wildman–Crippen MR) is 154 cm³/mol. The zero-order valence-electron chi connectivity index (χ0n) is 22.6. The summed E-state index contributed by atoms with van der Waals surface area (Å²) >= 11 is 2.26. The molecule has 214 valence electrons. The van der Waals surface area contributed by atoms with Crippen LogP contribution in [0.5, 0.6) is 17.2 Å². The fraction of sp³-hybridized carbons (Fsp3) is 0.379. The number of hydrogen-bond donors (Lipinski definition) is 1. The molecule has 2 aromatic carbocycles. The number of nitrogens with zero attached hydrogens (tertiary/aromatic N) is 2. The van der Waals surface area contributed by atoms with Crippen molar-refractivity contribution in [3.05, 3.63) is 62.6 Å². The molecule has 4 heterocycles. The van der Waals surface area contributed by atoms with E-state index in [1.807, 2.05) is 11.0 Å². The standard InChI is InChI=1S/C29H29N3O7S2/c1-37-18-9-7-17(8-10-18)32-27(34)23-22(24-26(30-29(36)41-24)40-25(23)28(32)35)16-6-11-19(20(14-16)38-2)39-15-21(33)31-12-4-3-5-13-31/h6-11,14,22-23,25H,3-5,12-13,15H2,1-2H3,(H,30,36)/t22-,23?,25?/m1/s1. The van der Waals surface area contributed by atoms with Gasteiger partial charge in [0.25, 0.3) is 5.91 Å². The van der Waals surface area contributed by atoms with Gasteiger partial charge >= 0.3 is 4.87 Å². The molecule has 12 heteroatoms. The van der Waals surface area contributed by atoms with E-state index in [1.54, 1.807) is 43.5 Å². The summed E-state index contributed by atoms with van der Waals surface area (Å²) < 4.78 is 16.7. The summed E-state index contributed by atoms with van der Waals surface area (Å²) in [4.78, 5) is 59.0. The van der Waals surface area contributed by atoms with Gasteiger partial charge in [0.15, 0.2) is 18.1 Å². The third-order valence-electron chi connectivity index (χ3n) is 7.76. The van der Waals surface area contributed by atoms with Crippen molar-refractivity contribution in [1.29, 1.82) is 0 Å². The van der Waals surface area contributed by atoms with E-state index in [0.717, 1.165) is 43.7 Å². The molecule has 0 radical (unpaired) electrons. The first-order valence-electron chi connectivity index (χ1n) is 13.4. The van der Waals surface area contributed by atoms with Crippen LogP contribution in [0.15, 0.2) is 52.3 Å². The second kappa shape index (κ2) is 11.2. The van der Waals surface area contributed by atoms with Crippen LogP contribution in [0.1, 0.15) is 35.6 Å². The van der Waals surface area contributed by atoms with Gasteiger partial charge in [-0.3, -0.25) is 19.2 Å². The number of thiazole rings is 1. The van der Waals surface area contributed by atoms with Crippen LogP contribution in [0.2, 0.25) is 0 Å². The van der Waals surface area contributed by atoms with E-state index < -0.39 is 17.1 Å². The van der Waals surface area contributed by atoms with Gasteiger partial charge in [0.1, 0.15) is 11.0 Å². The summed E-state index contributed by atoms with van der Waals surface area (Å²) in [5.41, 5.74) is 1.17. The molecule has 2 unspecified atom stereocenters. The number of H-pyrrole nitrogens is 1. The topological polar surface area (TPSA) is 118 Å². The van der Waals surface area contributed by atoms with Gasteiger partial charge < -0.3 is 24.1 Å². The summed E-state index contributed by atoms with van der Waals surface area (Å²) in [6.45, 7) is 1.37. The number of fused-ring (bicyclic) bond motifs is 2. The van der Waals surface area contributed by atoms with Crippen molar-refractivity contribution in [2.75, 3.05) is 38.8 Å². The molecule has 3 aromatic rings. The SMILES string of the molecule is COc1ccc(N2C(=O)C3Sc4[nH]c(=O)sc4[C@H](c4ccc(OCC(=O)N5CCCCC5)c(OC)c4)C3C2=O)cc1. The number of rotatable bonds is 7. The number of carbonyl (C=O) groups is 3. The minimum atomic E-state index is -0.731. The molecule has 1 aromatic heterocycles. The second-order valence-electron chi connectivity index (χ2n) is 10.1. The van der Waals surface area contributed by atoms with Crippen LogP contribution in [0, 0.1) is 5.92 Å². The third-order valence-corrected chi connectivity index (χ3v) is 10.2. The Kier molecular flexibility index (Phi) is 7.52. The average Bonchev–Trinajstić information content (AvgIpc) is 3.50.